The molecule has 0 unspecified atom stereocenters. The van der Waals surface area contributed by atoms with Gasteiger partial charge >= 0.3 is 42.1 Å². The van der Waals surface area contributed by atoms with E-state index in [0.29, 0.717) is 38.8 Å². The van der Waals surface area contributed by atoms with Gasteiger partial charge in [-0.1, -0.05) is 0 Å². The topological polar surface area (TPSA) is 234 Å². The summed E-state index contributed by atoms with van der Waals surface area (Å²) >= 11 is 0. The number of carbonyl (C=O) groups excluding carboxylic acids is 2. The molecule has 0 bridgehead atoms. The molecule has 1 heterocycles. The van der Waals surface area contributed by atoms with Gasteiger partial charge in [-0.15, -0.1) is 0 Å². The number of halogens is 6. The summed E-state index contributed by atoms with van der Waals surface area (Å²) in [6, 6.07) is -3.32. The Labute approximate surface area is 225 Å². The van der Waals surface area contributed by atoms with Gasteiger partial charge in [0.05, 0.1) is 0 Å². The average Bonchev–Trinajstić information content (AvgIpc) is 3.38. The van der Waals surface area contributed by atoms with E-state index in [1.165, 1.54) is 10.6 Å². The third-order valence-electron chi connectivity index (χ3n) is 4.97. The molecular weight excluding hydrogens is 564 g/mol. The Hall–Kier alpha value is -3.19. The number of unbranched alkanes of at least 4 members (excludes halogenated alkanes) is 2. The maximum Gasteiger partial charge on any atom is 0.471 e. The van der Waals surface area contributed by atoms with Crippen LogP contribution in [0.1, 0.15) is 51.4 Å². The molecule has 40 heavy (non-hydrogen) atoms. The molecule has 1 aliphatic heterocycles. The first-order valence-electron chi connectivity index (χ1n) is 12.0. The zero-order valence-electron chi connectivity index (χ0n) is 21.3. The summed E-state index contributed by atoms with van der Waals surface area (Å²) in [4.78, 5) is 52.2. The summed E-state index contributed by atoms with van der Waals surface area (Å²) in [7, 11) is 0. The third kappa shape index (κ3) is 19.0. The SMILES string of the molecule is NCCCC[C@H](NC(=O)C(F)(F)F)C(=O)O.NCCCC[C@H](NC(=O)C(F)(F)F)C(=O)O.O=C(O)[C@@H]1CCCN1. The number of nitrogens with one attached hydrogen (secondary N) is 3. The van der Waals surface area contributed by atoms with Crippen LogP contribution >= 0.6 is 0 Å². The fraction of sp³-hybridized carbons (Fsp3) is 0.762. The molecule has 0 radical (unpaired) electrons. The highest BCUT2D eigenvalue weighted by atomic mass is 19.4. The molecule has 0 saturated carbocycles. The maximum atomic E-state index is 11.8. The number of alkyl halides is 6. The molecule has 2 amide bonds. The number of rotatable bonds is 13. The molecule has 0 aromatic carbocycles. The smallest absolute Gasteiger partial charge is 0.471 e. The minimum Gasteiger partial charge on any atom is -0.480 e. The zero-order valence-corrected chi connectivity index (χ0v) is 21.3. The number of amides is 2. The van der Waals surface area contributed by atoms with Gasteiger partial charge in [0.1, 0.15) is 18.1 Å². The summed E-state index contributed by atoms with van der Waals surface area (Å²) in [6.45, 7) is 1.50. The van der Waals surface area contributed by atoms with Crippen LogP contribution in [0.25, 0.3) is 0 Å². The highest BCUT2D eigenvalue weighted by molar-refractivity contribution is 5.87. The first-order chi connectivity index (χ1) is 18.4. The Morgan fingerprint density at radius 2 is 1.12 bits per heavy atom. The summed E-state index contributed by atoms with van der Waals surface area (Å²) in [5.41, 5.74) is 10.3. The molecule has 1 rings (SSSR count). The van der Waals surface area contributed by atoms with Crippen LogP contribution in [0.4, 0.5) is 26.3 Å². The number of nitrogens with two attached hydrogens (primary N) is 2. The van der Waals surface area contributed by atoms with Crippen molar-refractivity contribution in [2.75, 3.05) is 19.6 Å². The highest BCUT2D eigenvalue weighted by Gasteiger charge is 2.41. The van der Waals surface area contributed by atoms with Gasteiger partial charge in [0, 0.05) is 0 Å². The second-order valence-electron chi connectivity index (χ2n) is 8.28. The highest BCUT2D eigenvalue weighted by Crippen LogP contribution is 2.16. The minimum atomic E-state index is -5.07. The Kier molecular flexibility index (Phi) is 19.3. The summed E-state index contributed by atoms with van der Waals surface area (Å²) in [5, 5.41) is 31.2. The Balaban J connectivity index is 0. The summed E-state index contributed by atoms with van der Waals surface area (Å²) < 4.78 is 71.0. The number of aliphatic carboxylic acids is 3. The monoisotopic (exact) mass is 599 g/mol. The molecule has 0 spiro atoms. The van der Waals surface area contributed by atoms with Crippen molar-refractivity contribution >= 4 is 29.7 Å². The van der Waals surface area contributed by atoms with Crippen LogP contribution in [0.15, 0.2) is 0 Å². The van der Waals surface area contributed by atoms with Crippen LogP contribution in [0.2, 0.25) is 0 Å². The summed E-state index contributed by atoms with van der Waals surface area (Å²) in [6.07, 6.45) is -6.84. The van der Waals surface area contributed by atoms with Crippen molar-refractivity contribution in [1.82, 2.24) is 16.0 Å². The van der Waals surface area contributed by atoms with E-state index in [0.717, 1.165) is 19.4 Å². The van der Waals surface area contributed by atoms with Gasteiger partial charge in [-0.25, -0.2) is 9.59 Å². The average molecular weight is 600 g/mol. The van der Waals surface area contributed by atoms with Crippen molar-refractivity contribution in [2.24, 2.45) is 11.5 Å². The predicted octanol–water partition coefficient (Wildman–Crippen LogP) is 0.317. The van der Waals surface area contributed by atoms with Gasteiger partial charge in [-0.05, 0) is 71.0 Å². The van der Waals surface area contributed by atoms with Crippen molar-refractivity contribution in [2.45, 2.75) is 81.8 Å². The van der Waals surface area contributed by atoms with E-state index in [2.05, 4.69) is 5.32 Å². The molecule has 10 N–H and O–H groups in total. The van der Waals surface area contributed by atoms with Crippen LogP contribution in [0.5, 0.6) is 0 Å². The molecule has 0 aromatic heterocycles. The zero-order chi connectivity index (χ0) is 31.5. The quantitative estimate of drug-likeness (QED) is 0.106. The molecule has 3 atom stereocenters. The number of carbonyl (C=O) groups is 5. The lowest BCUT2D eigenvalue weighted by Crippen LogP contribution is -2.46. The van der Waals surface area contributed by atoms with E-state index in [1.807, 2.05) is 0 Å². The lowest BCUT2D eigenvalue weighted by molar-refractivity contribution is -0.175. The second kappa shape index (κ2) is 19.8. The lowest BCUT2D eigenvalue weighted by Gasteiger charge is -2.15. The predicted molar refractivity (Wildman–Crippen MR) is 126 cm³/mol. The van der Waals surface area contributed by atoms with Crippen molar-refractivity contribution in [3.05, 3.63) is 0 Å². The molecule has 19 heteroatoms. The normalized spacial score (nSPS) is 16.2. The van der Waals surface area contributed by atoms with E-state index in [4.69, 9.17) is 26.8 Å². The van der Waals surface area contributed by atoms with Gasteiger partial charge in [0.15, 0.2) is 0 Å². The summed E-state index contributed by atoms with van der Waals surface area (Å²) in [5.74, 6) is -8.19. The molecule has 1 fully saturated rings. The van der Waals surface area contributed by atoms with Crippen LogP contribution in [-0.2, 0) is 24.0 Å². The van der Waals surface area contributed by atoms with E-state index >= 15 is 0 Å². The second-order valence-corrected chi connectivity index (χ2v) is 8.28. The largest absolute Gasteiger partial charge is 0.480 e. The standard InChI is InChI=1S/2C8H13F3N2O3.C5H9NO2/c2*9-8(10,11)7(16)13-5(6(14)15)3-1-2-4-12;7-5(8)4-2-1-3-6-4/h2*5H,1-4,12H2,(H,13,16)(H,14,15);4,6H,1-3H2,(H,7,8)/t2*5-;4-/m000/s1. The van der Waals surface area contributed by atoms with Gasteiger partial charge in [0.25, 0.3) is 0 Å². The first-order valence-corrected chi connectivity index (χ1v) is 12.0. The first kappa shape index (κ1) is 39.0. The Morgan fingerprint density at radius 1 is 0.750 bits per heavy atom. The molecule has 13 nitrogen and oxygen atoms in total. The number of carboxylic acids is 3. The third-order valence-corrected chi connectivity index (χ3v) is 4.97. The van der Waals surface area contributed by atoms with Crippen molar-refractivity contribution in [3.63, 3.8) is 0 Å². The molecular formula is C21H35F6N5O8. The number of hydrogen-bond acceptors (Lipinski definition) is 8. The number of hydrogen-bond donors (Lipinski definition) is 8. The fourth-order valence-corrected chi connectivity index (χ4v) is 2.88. The van der Waals surface area contributed by atoms with E-state index in [1.54, 1.807) is 0 Å². The van der Waals surface area contributed by atoms with Crippen molar-refractivity contribution < 1.29 is 65.6 Å². The van der Waals surface area contributed by atoms with Gasteiger partial charge in [0.2, 0.25) is 0 Å². The van der Waals surface area contributed by atoms with Crippen LogP contribution in [-0.4, -0.2) is 95.2 Å². The van der Waals surface area contributed by atoms with Crippen LogP contribution in [0.3, 0.4) is 0 Å². The van der Waals surface area contributed by atoms with Crippen LogP contribution in [0, 0.1) is 0 Å². The van der Waals surface area contributed by atoms with Gasteiger partial charge in [-0.2, -0.15) is 26.3 Å². The number of carboxylic acid groups (broad SMARTS) is 3. The minimum absolute atomic E-state index is 0.0750. The molecule has 0 aromatic rings. The van der Waals surface area contributed by atoms with Crippen molar-refractivity contribution in [3.8, 4) is 0 Å². The molecule has 1 aliphatic rings. The van der Waals surface area contributed by atoms with Gasteiger partial charge in [-0.3, -0.25) is 14.4 Å². The lowest BCUT2D eigenvalue weighted by atomic mass is 10.1. The fourth-order valence-electron chi connectivity index (χ4n) is 2.88. The van der Waals surface area contributed by atoms with E-state index < -0.39 is 54.2 Å². The Morgan fingerprint density at radius 3 is 1.32 bits per heavy atom. The molecule has 0 aliphatic carbocycles. The van der Waals surface area contributed by atoms with E-state index in [-0.39, 0.29) is 18.9 Å². The van der Waals surface area contributed by atoms with Crippen LogP contribution < -0.4 is 27.4 Å². The Bertz CT molecular complexity index is 755. The van der Waals surface area contributed by atoms with Crippen molar-refractivity contribution in [1.29, 1.82) is 0 Å². The maximum absolute atomic E-state index is 11.8. The van der Waals surface area contributed by atoms with Gasteiger partial charge < -0.3 is 42.7 Å². The molecule has 1 saturated heterocycles. The van der Waals surface area contributed by atoms with E-state index in [9.17, 15) is 50.3 Å². The molecule has 234 valence electrons.